The van der Waals surface area contributed by atoms with E-state index >= 15 is 0 Å². The summed E-state index contributed by atoms with van der Waals surface area (Å²) in [5, 5.41) is 0. The average Bonchev–Trinajstić information content (AvgIpc) is 2.48. The minimum Gasteiger partial charge on any atom is -0.299 e. The maximum absolute atomic E-state index is 11.8. The molecule has 0 aliphatic heterocycles. The Hall–Kier alpha value is -1.11. The van der Waals surface area contributed by atoms with Crippen molar-refractivity contribution in [2.75, 3.05) is 0 Å². The van der Waals surface area contributed by atoms with Crippen molar-refractivity contribution in [3.63, 3.8) is 0 Å². The number of Topliss-reactive ketones (excluding diaryl/α,β-unsaturated/α-hetero) is 1. The van der Waals surface area contributed by atoms with E-state index in [2.05, 4.69) is 32.9 Å². The van der Waals surface area contributed by atoms with Crippen LogP contribution in [0.25, 0.3) is 0 Å². The SMILES string of the molecule is CC.CCCCc1c(CC)ccc2c1CC(C)C(=O)C2. The van der Waals surface area contributed by atoms with Crippen LogP contribution in [0.15, 0.2) is 12.1 Å². The molecule has 1 nitrogen and oxygen atoms in total. The van der Waals surface area contributed by atoms with Crippen molar-refractivity contribution in [3.8, 4) is 0 Å². The minimum atomic E-state index is 0.213. The van der Waals surface area contributed by atoms with E-state index in [0.29, 0.717) is 12.2 Å². The molecule has 1 aliphatic carbocycles. The van der Waals surface area contributed by atoms with Gasteiger partial charge in [0.25, 0.3) is 0 Å². The molecule has 0 radical (unpaired) electrons. The molecule has 1 aromatic rings. The van der Waals surface area contributed by atoms with Gasteiger partial charge in [-0.25, -0.2) is 0 Å². The predicted octanol–water partition coefficient (Wildman–Crippen LogP) is 4.92. The zero-order valence-corrected chi connectivity index (χ0v) is 13.9. The van der Waals surface area contributed by atoms with Gasteiger partial charge in [-0.15, -0.1) is 0 Å². The summed E-state index contributed by atoms with van der Waals surface area (Å²) in [6.45, 7) is 10.6. The van der Waals surface area contributed by atoms with Crippen LogP contribution in [-0.4, -0.2) is 5.78 Å². The monoisotopic (exact) mass is 274 g/mol. The van der Waals surface area contributed by atoms with E-state index in [1.807, 2.05) is 13.8 Å². The molecule has 0 heterocycles. The molecule has 0 saturated heterocycles. The Morgan fingerprint density at radius 2 is 1.90 bits per heavy atom. The zero-order chi connectivity index (χ0) is 15.1. The molecule has 0 bridgehead atoms. The minimum absolute atomic E-state index is 0.213. The van der Waals surface area contributed by atoms with Gasteiger partial charge in [-0.3, -0.25) is 4.79 Å². The molecule has 1 unspecified atom stereocenters. The number of unbranched alkanes of at least 4 members (excludes halogenated alkanes) is 1. The lowest BCUT2D eigenvalue weighted by atomic mass is 9.79. The largest absolute Gasteiger partial charge is 0.299 e. The van der Waals surface area contributed by atoms with Crippen molar-refractivity contribution >= 4 is 5.78 Å². The Balaban J connectivity index is 0.000000956. The highest BCUT2D eigenvalue weighted by Gasteiger charge is 2.25. The first-order valence-electron chi connectivity index (χ1n) is 8.32. The third kappa shape index (κ3) is 3.71. The first-order chi connectivity index (χ1) is 9.67. The predicted molar refractivity (Wildman–Crippen MR) is 87.4 cm³/mol. The highest BCUT2D eigenvalue weighted by molar-refractivity contribution is 5.85. The van der Waals surface area contributed by atoms with Crippen molar-refractivity contribution in [3.05, 3.63) is 34.4 Å². The van der Waals surface area contributed by atoms with Crippen molar-refractivity contribution in [2.45, 2.75) is 73.1 Å². The highest BCUT2D eigenvalue weighted by Crippen LogP contribution is 2.29. The molecular formula is C19H30O. The normalized spacial score (nSPS) is 17.2. The summed E-state index contributed by atoms with van der Waals surface area (Å²) in [4.78, 5) is 11.8. The van der Waals surface area contributed by atoms with Crippen LogP contribution in [0, 0.1) is 5.92 Å². The van der Waals surface area contributed by atoms with Gasteiger partial charge in [0.1, 0.15) is 5.78 Å². The van der Waals surface area contributed by atoms with Gasteiger partial charge in [0, 0.05) is 12.3 Å². The molecule has 1 heteroatoms. The van der Waals surface area contributed by atoms with Crippen molar-refractivity contribution < 1.29 is 4.79 Å². The zero-order valence-electron chi connectivity index (χ0n) is 13.9. The summed E-state index contributed by atoms with van der Waals surface area (Å²) in [5.41, 5.74) is 5.83. The van der Waals surface area contributed by atoms with Gasteiger partial charge in [-0.05, 0) is 47.9 Å². The number of carbonyl (C=O) groups is 1. The summed E-state index contributed by atoms with van der Waals surface area (Å²) in [6.07, 6.45) is 6.40. The third-order valence-corrected chi connectivity index (χ3v) is 4.21. The van der Waals surface area contributed by atoms with E-state index < -0.39 is 0 Å². The van der Waals surface area contributed by atoms with E-state index in [-0.39, 0.29) is 5.92 Å². The van der Waals surface area contributed by atoms with E-state index in [9.17, 15) is 4.79 Å². The number of aryl methyl sites for hydroxylation is 1. The second-order valence-electron chi connectivity index (χ2n) is 5.55. The third-order valence-electron chi connectivity index (χ3n) is 4.21. The number of ketones is 1. The molecule has 0 amide bonds. The van der Waals surface area contributed by atoms with Gasteiger partial charge in [0.15, 0.2) is 0 Å². The van der Waals surface area contributed by atoms with Crippen LogP contribution in [0.5, 0.6) is 0 Å². The summed E-state index contributed by atoms with van der Waals surface area (Å²) < 4.78 is 0. The Bertz CT molecular complexity index is 445. The molecule has 0 aromatic heterocycles. The van der Waals surface area contributed by atoms with Gasteiger partial charge in [0.05, 0.1) is 0 Å². The van der Waals surface area contributed by atoms with Crippen molar-refractivity contribution in [1.29, 1.82) is 0 Å². The Kier molecular flexibility index (Phi) is 6.98. The molecule has 1 atom stereocenters. The molecule has 1 aliphatic rings. The number of carbonyl (C=O) groups excluding carboxylic acids is 1. The molecule has 2 rings (SSSR count). The molecular weight excluding hydrogens is 244 g/mol. The van der Waals surface area contributed by atoms with Crippen LogP contribution < -0.4 is 0 Å². The van der Waals surface area contributed by atoms with Crippen LogP contribution in [0.2, 0.25) is 0 Å². The fourth-order valence-corrected chi connectivity index (χ4v) is 2.99. The maximum atomic E-state index is 11.8. The van der Waals surface area contributed by atoms with Crippen LogP contribution in [-0.2, 0) is 30.5 Å². The molecule has 0 saturated carbocycles. The summed E-state index contributed by atoms with van der Waals surface area (Å²) >= 11 is 0. The molecule has 0 fully saturated rings. The van der Waals surface area contributed by atoms with Crippen molar-refractivity contribution in [1.82, 2.24) is 0 Å². The van der Waals surface area contributed by atoms with E-state index in [4.69, 9.17) is 0 Å². The summed E-state index contributed by atoms with van der Waals surface area (Å²) in [7, 11) is 0. The number of benzene rings is 1. The van der Waals surface area contributed by atoms with E-state index in [0.717, 1.165) is 12.8 Å². The molecule has 0 spiro atoms. The smallest absolute Gasteiger partial charge is 0.140 e. The van der Waals surface area contributed by atoms with Gasteiger partial charge in [-0.1, -0.05) is 53.2 Å². The quantitative estimate of drug-likeness (QED) is 0.761. The van der Waals surface area contributed by atoms with Crippen LogP contribution in [0.3, 0.4) is 0 Å². The Morgan fingerprint density at radius 3 is 2.50 bits per heavy atom. The standard InChI is InChI=1S/C17H24O.C2H6/c1-4-6-7-15-13(5-2)8-9-14-11-17(18)12(3)10-16(14)15;1-2/h8-9,12H,4-7,10-11H2,1-3H3;1-2H3. The molecule has 1 aromatic carbocycles. The van der Waals surface area contributed by atoms with Gasteiger partial charge < -0.3 is 0 Å². The van der Waals surface area contributed by atoms with Crippen molar-refractivity contribution in [2.24, 2.45) is 5.92 Å². The van der Waals surface area contributed by atoms with Crippen LogP contribution in [0.4, 0.5) is 0 Å². The van der Waals surface area contributed by atoms with Crippen LogP contribution in [0.1, 0.15) is 69.7 Å². The molecule has 112 valence electrons. The second-order valence-corrected chi connectivity index (χ2v) is 5.55. The average molecular weight is 274 g/mol. The van der Waals surface area contributed by atoms with Crippen LogP contribution >= 0.6 is 0 Å². The lowest BCUT2D eigenvalue weighted by molar-refractivity contribution is -0.122. The number of hydrogen-bond acceptors (Lipinski definition) is 1. The molecule has 0 N–H and O–H groups in total. The Labute approximate surface area is 124 Å². The van der Waals surface area contributed by atoms with Gasteiger partial charge in [-0.2, -0.15) is 0 Å². The maximum Gasteiger partial charge on any atom is 0.140 e. The lowest BCUT2D eigenvalue weighted by Crippen LogP contribution is -2.24. The van der Waals surface area contributed by atoms with Gasteiger partial charge in [0.2, 0.25) is 0 Å². The first-order valence-corrected chi connectivity index (χ1v) is 8.32. The molecule has 20 heavy (non-hydrogen) atoms. The highest BCUT2D eigenvalue weighted by atomic mass is 16.1. The number of fused-ring (bicyclic) bond motifs is 1. The first kappa shape index (κ1) is 16.9. The number of hydrogen-bond donors (Lipinski definition) is 0. The van der Waals surface area contributed by atoms with E-state index in [1.54, 1.807) is 5.56 Å². The second kappa shape index (κ2) is 8.24. The number of rotatable bonds is 4. The Morgan fingerprint density at radius 1 is 1.20 bits per heavy atom. The van der Waals surface area contributed by atoms with Gasteiger partial charge >= 0.3 is 0 Å². The fourth-order valence-electron chi connectivity index (χ4n) is 2.99. The summed E-state index contributed by atoms with van der Waals surface area (Å²) in [5.74, 6) is 0.623. The fraction of sp³-hybridized carbons (Fsp3) is 0.632. The summed E-state index contributed by atoms with van der Waals surface area (Å²) in [6, 6.07) is 4.43. The van der Waals surface area contributed by atoms with E-state index in [1.165, 1.54) is 36.0 Å². The topological polar surface area (TPSA) is 17.1 Å². The lowest BCUT2D eigenvalue weighted by Gasteiger charge is -2.25.